The molecule has 96 valence electrons. The maximum Gasteiger partial charge on any atom is 0.147 e. The predicted molar refractivity (Wildman–Crippen MR) is 63.3 cm³/mol. The SMILES string of the molecule is COCCOCOC(C)(C)C(O)C=C(C)C. The minimum atomic E-state index is -0.648. The molecule has 16 heavy (non-hydrogen) atoms. The largest absolute Gasteiger partial charge is 0.386 e. The Morgan fingerprint density at radius 2 is 1.94 bits per heavy atom. The van der Waals surface area contributed by atoms with Gasteiger partial charge in [0.25, 0.3) is 0 Å². The van der Waals surface area contributed by atoms with Crippen molar-refractivity contribution < 1.29 is 19.3 Å². The second-order valence-corrected chi connectivity index (χ2v) is 4.46. The van der Waals surface area contributed by atoms with Gasteiger partial charge in [0.05, 0.1) is 18.8 Å². The molecule has 0 amide bonds. The van der Waals surface area contributed by atoms with Crippen LogP contribution in [0.15, 0.2) is 11.6 Å². The highest BCUT2D eigenvalue weighted by molar-refractivity contribution is 5.03. The van der Waals surface area contributed by atoms with E-state index in [9.17, 15) is 5.11 Å². The molecule has 4 nitrogen and oxygen atoms in total. The van der Waals surface area contributed by atoms with Gasteiger partial charge in [-0.15, -0.1) is 0 Å². The molecule has 0 saturated carbocycles. The highest BCUT2D eigenvalue weighted by Crippen LogP contribution is 2.17. The zero-order chi connectivity index (χ0) is 12.6. The van der Waals surface area contributed by atoms with E-state index in [0.29, 0.717) is 13.2 Å². The summed E-state index contributed by atoms with van der Waals surface area (Å²) in [7, 11) is 1.62. The van der Waals surface area contributed by atoms with E-state index in [4.69, 9.17) is 14.2 Å². The van der Waals surface area contributed by atoms with Gasteiger partial charge in [0.2, 0.25) is 0 Å². The van der Waals surface area contributed by atoms with Crippen LogP contribution in [0, 0.1) is 0 Å². The first-order valence-corrected chi connectivity index (χ1v) is 5.44. The summed E-state index contributed by atoms with van der Waals surface area (Å²) in [6.07, 6.45) is 1.14. The van der Waals surface area contributed by atoms with Crippen LogP contribution in [0.2, 0.25) is 0 Å². The van der Waals surface area contributed by atoms with E-state index in [0.717, 1.165) is 5.57 Å². The Morgan fingerprint density at radius 3 is 2.44 bits per heavy atom. The lowest BCUT2D eigenvalue weighted by molar-refractivity contribution is -0.161. The van der Waals surface area contributed by atoms with Crippen LogP contribution in [0.25, 0.3) is 0 Å². The fourth-order valence-electron chi connectivity index (χ4n) is 0.997. The molecule has 0 saturated heterocycles. The average molecular weight is 232 g/mol. The third kappa shape index (κ3) is 6.95. The molecule has 0 aromatic carbocycles. The lowest BCUT2D eigenvalue weighted by Gasteiger charge is -2.29. The van der Waals surface area contributed by atoms with E-state index >= 15 is 0 Å². The van der Waals surface area contributed by atoms with Gasteiger partial charge in [-0.25, -0.2) is 0 Å². The first kappa shape index (κ1) is 15.6. The summed E-state index contributed by atoms with van der Waals surface area (Å²) in [6, 6.07) is 0. The lowest BCUT2D eigenvalue weighted by Crippen LogP contribution is -2.38. The van der Waals surface area contributed by atoms with Gasteiger partial charge in [0, 0.05) is 7.11 Å². The fourth-order valence-corrected chi connectivity index (χ4v) is 0.997. The summed E-state index contributed by atoms with van der Waals surface area (Å²) in [5.41, 5.74) is 0.411. The van der Waals surface area contributed by atoms with Crippen molar-refractivity contribution in [3.8, 4) is 0 Å². The first-order chi connectivity index (χ1) is 7.40. The number of hydrogen-bond donors (Lipinski definition) is 1. The third-order valence-electron chi connectivity index (χ3n) is 2.15. The van der Waals surface area contributed by atoms with Gasteiger partial charge in [-0.3, -0.25) is 0 Å². The van der Waals surface area contributed by atoms with Crippen molar-refractivity contribution in [2.75, 3.05) is 27.1 Å². The number of rotatable bonds is 8. The first-order valence-electron chi connectivity index (χ1n) is 5.44. The predicted octanol–water partition coefficient (Wildman–Crippen LogP) is 1.73. The van der Waals surface area contributed by atoms with E-state index in [1.165, 1.54) is 0 Å². The van der Waals surface area contributed by atoms with Gasteiger partial charge < -0.3 is 19.3 Å². The quantitative estimate of drug-likeness (QED) is 0.393. The van der Waals surface area contributed by atoms with E-state index in [-0.39, 0.29) is 6.79 Å². The molecule has 4 heteroatoms. The summed E-state index contributed by atoms with van der Waals surface area (Å²) < 4.78 is 15.5. The standard InChI is InChI=1S/C12H24O4/c1-10(2)8-11(13)12(3,4)16-9-15-7-6-14-5/h8,11,13H,6-7,9H2,1-5H3. The van der Waals surface area contributed by atoms with Crippen molar-refractivity contribution in [3.63, 3.8) is 0 Å². The van der Waals surface area contributed by atoms with Crippen molar-refractivity contribution in [1.82, 2.24) is 0 Å². The Morgan fingerprint density at radius 1 is 1.31 bits per heavy atom. The second-order valence-electron chi connectivity index (χ2n) is 4.46. The Hall–Kier alpha value is -0.420. The maximum atomic E-state index is 9.87. The molecule has 1 unspecified atom stereocenters. The molecule has 1 N–H and O–H groups in total. The molecule has 0 fully saturated rings. The van der Waals surface area contributed by atoms with Crippen molar-refractivity contribution in [2.45, 2.75) is 39.4 Å². The summed E-state index contributed by atoms with van der Waals surface area (Å²) in [5.74, 6) is 0. The van der Waals surface area contributed by atoms with E-state index in [1.54, 1.807) is 13.2 Å². The number of methoxy groups -OCH3 is 1. The topological polar surface area (TPSA) is 47.9 Å². The van der Waals surface area contributed by atoms with Gasteiger partial charge in [0.15, 0.2) is 0 Å². The van der Waals surface area contributed by atoms with Crippen LogP contribution in [-0.4, -0.2) is 43.9 Å². The van der Waals surface area contributed by atoms with Crippen LogP contribution >= 0.6 is 0 Å². The van der Waals surface area contributed by atoms with Crippen LogP contribution in [0.3, 0.4) is 0 Å². The van der Waals surface area contributed by atoms with E-state index in [1.807, 2.05) is 27.7 Å². The van der Waals surface area contributed by atoms with Crippen LogP contribution in [-0.2, 0) is 14.2 Å². The molecule has 0 bridgehead atoms. The summed E-state index contributed by atoms with van der Waals surface area (Å²) >= 11 is 0. The van der Waals surface area contributed by atoms with Crippen molar-refractivity contribution in [3.05, 3.63) is 11.6 Å². The molecule has 0 heterocycles. The monoisotopic (exact) mass is 232 g/mol. The second kappa shape index (κ2) is 7.79. The zero-order valence-electron chi connectivity index (χ0n) is 10.9. The normalized spacial score (nSPS) is 13.6. The highest BCUT2D eigenvalue weighted by Gasteiger charge is 2.26. The van der Waals surface area contributed by atoms with Gasteiger partial charge in [-0.05, 0) is 27.7 Å². The molecule has 0 rings (SSSR count). The van der Waals surface area contributed by atoms with E-state index in [2.05, 4.69) is 0 Å². The molecule has 0 aliphatic carbocycles. The van der Waals surface area contributed by atoms with Gasteiger partial charge >= 0.3 is 0 Å². The molecule has 0 aromatic rings. The summed E-state index contributed by atoms with van der Waals surface area (Å²) in [5, 5.41) is 9.87. The molecule has 0 aliphatic heterocycles. The number of aliphatic hydroxyl groups is 1. The number of allylic oxidation sites excluding steroid dienone is 1. The minimum absolute atomic E-state index is 0.157. The Labute approximate surface area is 98.2 Å². The van der Waals surface area contributed by atoms with Crippen molar-refractivity contribution in [2.24, 2.45) is 0 Å². The number of ether oxygens (including phenoxy) is 3. The van der Waals surface area contributed by atoms with Crippen LogP contribution < -0.4 is 0 Å². The van der Waals surface area contributed by atoms with E-state index < -0.39 is 11.7 Å². The van der Waals surface area contributed by atoms with Gasteiger partial charge in [-0.1, -0.05) is 11.6 Å². The average Bonchev–Trinajstić information content (AvgIpc) is 2.16. The lowest BCUT2D eigenvalue weighted by atomic mass is 10.00. The molecule has 1 atom stereocenters. The molecule has 0 aliphatic rings. The van der Waals surface area contributed by atoms with Crippen LogP contribution in [0.4, 0.5) is 0 Å². The molecule has 0 spiro atoms. The molecule has 0 radical (unpaired) electrons. The molecular weight excluding hydrogens is 208 g/mol. The minimum Gasteiger partial charge on any atom is -0.386 e. The third-order valence-corrected chi connectivity index (χ3v) is 2.15. The fraction of sp³-hybridized carbons (Fsp3) is 0.833. The Bertz CT molecular complexity index is 207. The zero-order valence-corrected chi connectivity index (χ0v) is 10.9. The molecular formula is C12H24O4. The maximum absolute atomic E-state index is 9.87. The Balaban J connectivity index is 3.90. The Kier molecular flexibility index (Phi) is 7.58. The number of aliphatic hydroxyl groups excluding tert-OH is 1. The van der Waals surface area contributed by atoms with Crippen molar-refractivity contribution >= 4 is 0 Å². The van der Waals surface area contributed by atoms with Gasteiger partial charge in [0.1, 0.15) is 12.9 Å². The highest BCUT2D eigenvalue weighted by atomic mass is 16.7. The smallest absolute Gasteiger partial charge is 0.147 e. The van der Waals surface area contributed by atoms with Crippen LogP contribution in [0.1, 0.15) is 27.7 Å². The summed E-state index contributed by atoms with van der Waals surface area (Å²) in [4.78, 5) is 0. The van der Waals surface area contributed by atoms with Crippen molar-refractivity contribution in [1.29, 1.82) is 0 Å². The van der Waals surface area contributed by atoms with Crippen LogP contribution in [0.5, 0.6) is 0 Å². The summed E-state index contributed by atoms with van der Waals surface area (Å²) in [6.45, 7) is 8.73. The number of hydrogen-bond acceptors (Lipinski definition) is 4. The van der Waals surface area contributed by atoms with Gasteiger partial charge in [-0.2, -0.15) is 0 Å². The molecule has 0 aromatic heterocycles.